The lowest BCUT2D eigenvalue weighted by Gasteiger charge is -2.22. The van der Waals surface area contributed by atoms with E-state index < -0.39 is 0 Å². The van der Waals surface area contributed by atoms with E-state index in [9.17, 15) is 0 Å². The fraction of sp³-hybridized carbons (Fsp3) is 0.474. The number of nitrogens with zero attached hydrogens (tertiary/aromatic N) is 3. The average molecular weight is 328 g/mol. The summed E-state index contributed by atoms with van der Waals surface area (Å²) in [6, 6.07) is 10.0. The van der Waals surface area contributed by atoms with Crippen LogP contribution in [0.2, 0.25) is 0 Å². The third kappa shape index (κ3) is 5.11. The molecule has 0 fully saturated rings. The van der Waals surface area contributed by atoms with Crippen LogP contribution < -0.4 is 15.0 Å². The minimum atomic E-state index is 0.724. The summed E-state index contributed by atoms with van der Waals surface area (Å²) in [6.45, 7) is 9.06. The lowest BCUT2D eigenvalue weighted by Crippen LogP contribution is -2.27. The number of rotatable bonds is 9. The van der Waals surface area contributed by atoms with Crippen LogP contribution in [0, 0.1) is 6.92 Å². The molecule has 0 atom stereocenters. The maximum Gasteiger partial charge on any atom is 0.227 e. The zero-order valence-corrected chi connectivity index (χ0v) is 15.2. The van der Waals surface area contributed by atoms with Gasteiger partial charge in [0.15, 0.2) is 0 Å². The Morgan fingerprint density at radius 3 is 2.29 bits per heavy atom. The largest absolute Gasteiger partial charge is 0.497 e. The second-order valence-corrected chi connectivity index (χ2v) is 5.88. The van der Waals surface area contributed by atoms with Gasteiger partial charge < -0.3 is 15.0 Å². The van der Waals surface area contributed by atoms with Crippen LogP contribution in [-0.4, -0.2) is 30.2 Å². The standard InChI is InChI=1S/C19H28N4O/c1-5-11-23(12-6-2)19-21-15(3)13-18(22-19)20-14-16-7-9-17(24-4)10-8-16/h7-10,13H,5-6,11-12,14H2,1-4H3,(H,20,21,22). The quantitative estimate of drug-likeness (QED) is 0.753. The molecule has 1 aromatic carbocycles. The Morgan fingerprint density at radius 1 is 1.04 bits per heavy atom. The molecule has 1 N–H and O–H groups in total. The highest BCUT2D eigenvalue weighted by Crippen LogP contribution is 2.16. The number of nitrogens with one attached hydrogen (secondary N) is 1. The summed E-state index contributed by atoms with van der Waals surface area (Å²) >= 11 is 0. The molecule has 0 aliphatic carbocycles. The smallest absolute Gasteiger partial charge is 0.227 e. The third-order valence-electron chi connectivity index (χ3n) is 3.74. The van der Waals surface area contributed by atoms with E-state index in [4.69, 9.17) is 9.72 Å². The summed E-state index contributed by atoms with van der Waals surface area (Å²) in [5.74, 6) is 2.55. The molecule has 130 valence electrons. The molecule has 0 radical (unpaired) electrons. The third-order valence-corrected chi connectivity index (χ3v) is 3.74. The molecule has 0 saturated carbocycles. The predicted molar refractivity (Wildman–Crippen MR) is 99.9 cm³/mol. The highest BCUT2D eigenvalue weighted by Gasteiger charge is 2.10. The summed E-state index contributed by atoms with van der Waals surface area (Å²) in [4.78, 5) is 11.6. The molecule has 2 rings (SSSR count). The van der Waals surface area contributed by atoms with Crippen LogP contribution in [0.25, 0.3) is 0 Å². The van der Waals surface area contributed by atoms with Crippen LogP contribution in [0.3, 0.4) is 0 Å². The number of methoxy groups -OCH3 is 1. The molecule has 2 aromatic rings. The summed E-state index contributed by atoms with van der Waals surface area (Å²) in [6.07, 6.45) is 2.18. The Bertz CT molecular complexity index is 622. The van der Waals surface area contributed by atoms with Crippen LogP contribution in [0.4, 0.5) is 11.8 Å². The second-order valence-electron chi connectivity index (χ2n) is 5.88. The van der Waals surface area contributed by atoms with Crippen LogP contribution in [0.1, 0.15) is 37.9 Å². The topological polar surface area (TPSA) is 50.3 Å². The van der Waals surface area contributed by atoms with Gasteiger partial charge in [-0.1, -0.05) is 26.0 Å². The second kappa shape index (κ2) is 9.11. The number of hydrogen-bond acceptors (Lipinski definition) is 5. The number of hydrogen-bond donors (Lipinski definition) is 1. The first-order valence-electron chi connectivity index (χ1n) is 8.63. The van der Waals surface area contributed by atoms with E-state index in [1.165, 1.54) is 5.56 Å². The summed E-state index contributed by atoms with van der Waals surface area (Å²) in [5, 5.41) is 3.40. The Labute approximate surface area is 145 Å². The van der Waals surface area contributed by atoms with Gasteiger partial charge in [-0.05, 0) is 37.5 Å². The van der Waals surface area contributed by atoms with Crippen molar-refractivity contribution in [1.29, 1.82) is 0 Å². The first-order chi connectivity index (χ1) is 11.7. The zero-order chi connectivity index (χ0) is 17.4. The monoisotopic (exact) mass is 328 g/mol. The molecular formula is C19H28N4O. The van der Waals surface area contributed by atoms with Gasteiger partial charge >= 0.3 is 0 Å². The Hall–Kier alpha value is -2.30. The summed E-state index contributed by atoms with van der Waals surface area (Å²) in [5.41, 5.74) is 2.17. The zero-order valence-electron chi connectivity index (χ0n) is 15.2. The van der Waals surface area contributed by atoms with Crippen molar-refractivity contribution in [3.05, 3.63) is 41.6 Å². The van der Waals surface area contributed by atoms with Gasteiger partial charge in [0.2, 0.25) is 5.95 Å². The minimum Gasteiger partial charge on any atom is -0.497 e. The normalized spacial score (nSPS) is 10.5. The Kier molecular flexibility index (Phi) is 6.85. The summed E-state index contributed by atoms with van der Waals surface area (Å²) in [7, 11) is 1.68. The SMILES string of the molecule is CCCN(CCC)c1nc(C)cc(NCc2ccc(OC)cc2)n1. The van der Waals surface area contributed by atoms with Crippen LogP contribution in [0.5, 0.6) is 5.75 Å². The van der Waals surface area contributed by atoms with E-state index in [-0.39, 0.29) is 0 Å². The van der Waals surface area contributed by atoms with Crippen molar-refractivity contribution >= 4 is 11.8 Å². The van der Waals surface area contributed by atoms with Crippen molar-refractivity contribution in [2.24, 2.45) is 0 Å². The maximum atomic E-state index is 5.19. The number of anilines is 2. The van der Waals surface area contributed by atoms with E-state index in [0.29, 0.717) is 0 Å². The molecule has 24 heavy (non-hydrogen) atoms. The van der Waals surface area contributed by atoms with Gasteiger partial charge in [-0.3, -0.25) is 0 Å². The van der Waals surface area contributed by atoms with Crippen molar-refractivity contribution in [1.82, 2.24) is 9.97 Å². The average Bonchev–Trinajstić information content (AvgIpc) is 2.60. The molecule has 5 heteroatoms. The van der Waals surface area contributed by atoms with Gasteiger partial charge in [0.05, 0.1) is 7.11 Å². The van der Waals surface area contributed by atoms with E-state index in [2.05, 4.69) is 41.2 Å². The Balaban J connectivity index is 2.09. The van der Waals surface area contributed by atoms with E-state index in [1.807, 2.05) is 25.1 Å². The number of ether oxygens (including phenoxy) is 1. The molecule has 0 unspecified atom stereocenters. The highest BCUT2D eigenvalue weighted by molar-refractivity contribution is 5.44. The van der Waals surface area contributed by atoms with Gasteiger partial charge in [0.1, 0.15) is 11.6 Å². The minimum absolute atomic E-state index is 0.724. The van der Waals surface area contributed by atoms with Crippen LogP contribution in [-0.2, 0) is 6.54 Å². The fourth-order valence-electron chi connectivity index (χ4n) is 2.57. The van der Waals surface area contributed by atoms with Crippen LogP contribution in [0.15, 0.2) is 30.3 Å². The van der Waals surface area contributed by atoms with E-state index in [1.54, 1.807) is 7.11 Å². The molecule has 0 saturated heterocycles. The number of benzene rings is 1. The van der Waals surface area contributed by atoms with E-state index >= 15 is 0 Å². The molecule has 5 nitrogen and oxygen atoms in total. The van der Waals surface area contributed by atoms with Gasteiger partial charge in [-0.2, -0.15) is 4.98 Å². The first-order valence-corrected chi connectivity index (χ1v) is 8.63. The maximum absolute atomic E-state index is 5.19. The lowest BCUT2D eigenvalue weighted by molar-refractivity contribution is 0.414. The van der Waals surface area contributed by atoms with E-state index in [0.717, 1.165) is 55.7 Å². The first kappa shape index (κ1) is 18.0. The molecular weight excluding hydrogens is 300 g/mol. The molecule has 0 spiro atoms. The van der Waals surface area contributed by atoms with Gasteiger partial charge in [-0.25, -0.2) is 4.98 Å². The lowest BCUT2D eigenvalue weighted by atomic mass is 10.2. The molecule has 0 aliphatic rings. The van der Waals surface area contributed by atoms with Crippen LogP contribution >= 0.6 is 0 Å². The van der Waals surface area contributed by atoms with Crippen molar-refractivity contribution < 1.29 is 4.74 Å². The molecule has 0 bridgehead atoms. The molecule has 0 aliphatic heterocycles. The number of aromatic nitrogens is 2. The summed E-state index contributed by atoms with van der Waals surface area (Å²) < 4.78 is 5.19. The fourth-order valence-corrected chi connectivity index (χ4v) is 2.57. The van der Waals surface area contributed by atoms with Gasteiger partial charge in [0.25, 0.3) is 0 Å². The predicted octanol–water partition coefficient (Wildman–Crippen LogP) is 4.03. The van der Waals surface area contributed by atoms with Crippen molar-refractivity contribution in [3.8, 4) is 5.75 Å². The van der Waals surface area contributed by atoms with Crippen molar-refractivity contribution in [2.45, 2.75) is 40.2 Å². The van der Waals surface area contributed by atoms with Gasteiger partial charge in [-0.15, -0.1) is 0 Å². The van der Waals surface area contributed by atoms with Crippen molar-refractivity contribution in [3.63, 3.8) is 0 Å². The van der Waals surface area contributed by atoms with Crippen molar-refractivity contribution in [2.75, 3.05) is 30.4 Å². The number of aryl methyl sites for hydroxylation is 1. The Morgan fingerprint density at radius 2 is 1.71 bits per heavy atom. The molecule has 0 amide bonds. The molecule has 1 heterocycles. The van der Waals surface area contributed by atoms with Gasteiger partial charge in [0, 0.05) is 31.4 Å². The highest BCUT2D eigenvalue weighted by atomic mass is 16.5. The molecule has 1 aromatic heterocycles.